The number of rotatable bonds is 9. The van der Waals surface area contributed by atoms with Crippen molar-refractivity contribution in [2.45, 2.75) is 56.4 Å². The molecule has 2 N–H and O–H groups in total. The number of hydrogen-bond donors (Lipinski definition) is 2. The molecule has 0 unspecified atom stereocenters. The van der Waals surface area contributed by atoms with E-state index in [0.29, 0.717) is 11.4 Å². The fourth-order valence-corrected chi connectivity index (χ4v) is 4.11. The van der Waals surface area contributed by atoms with Crippen LogP contribution in [0.15, 0.2) is 47.5 Å². The first-order valence-corrected chi connectivity index (χ1v) is 11.0. The molecule has 7 heteroatoms. The van der Waals surface area contributed by atoms with Gasteiger partial charge in [-0.1, -0.05) is 13.3 Å². The zero-order valence-electron chi connectivity index (χ0n) is 15.6. The second-order valence-electron chi connectivity index (χ2n) is 6.81. The van der Waals surface area contributed by atoms with Crippen LogP contribution in [0.3, 0.4) is 0 Å². The zero-order valence-corrected chi connectivity index (χ0v) is 16.5. The highest BCUT2D eigenvalue weighted by Crippen LogP contribution is 2.25. The summed E-state index contributed by atoms with van der Waals surface area (Å²) in [7, 11) is -3.66. The van der Waals surface area contributed by atoms with E-state index in [-0.39, 0.29) is 11.0 Å². The van der Waals surface area contributed by atoms with E-state index in [2.05, 4.69) is 21.9 Å². The van der Waals surface area contributed by atoms with Gasteiger partial charge in [0, 0.05) is 6.54 Å². The molecule has 1 aliphatic carbocycles. The van der Waals surface area contributed by atoms with Crippen LogP contribution >= 0.6 is 0 Å². The quantitative estimate of drug-likeness (QED) is 0.621. The Hall–Kier alpha value is -2.28. The molecule has 0 saturated heterocycles. The molecule has 1 heterocycles. The van der Waals surface area contributed by atoms with Gasteiger partial charge in [0.15, 0.2) is 0 Å². The standard InChI is InChI=1S/C20H27N3O3S/c1-2-3-14-21-20-13-8-16(15-22-20)23-27(24,25)19-11-9-18(10-12-19)26-17-6-4-5-7-17/h8-13,15,17,23H,2-7,14H2,1H3,(H,21,22). The van der Waals surface area contributed by atoms with Crippen LogP contribution in [0.4, 0.5) is 11.5 Å². The fourth-order valence-electron chi connectivity index (χ4n) is 3.06. The third-order valence-corrected chi connectivity index (χ3v) is 5.99. The Bertz CT molecular complexity index is 815. The molecule has 0 radical (unpaired) electrons. The lowest BCUT2D eigenvalue weighted by Gasteiger charge is -2.13. The van der Waals surface area contributed by atoms with E-state index in [1.165, 1.54) is 19.0 Å². The van der Waals surface area contributed by atoms with Gasteiger partial charge in [-0.25, -0.2) is 13.4 Å². The number of nitrogens with zero attached hydrogens (tertiary/aromatic N) is 1. The lowest BCUT2D eigenvalue weighted by molar-refractivity contribution is 0.210. The van der Waals surface area contributed by atoms with Gasteiger partial charge in [0.25, 0.3) is 10.0 Å². The van der Waals surface area contributed by atoms with Crippen molar-refractivity contribution in [2.75, 3.05) is 16.6 Å². The van der Waals surface area contributed by atoms with Crippen molar-refractivity contribution < 1.29 is 13.2 Å². The number of sulfonamides is 1. The molecule has 0 bridgehead atoms. The first-order chi connectivity index (χ1) is 13.1. The molecule has 1 fully saturated rings. The highest BCUT2D eigenvalue weighted by Gasteiger charge is 2.18. The lowest BCUT2D eigenvalue weighted by atomic mass is 10.3. The lowest BCUT2D eigenvalue weighted by Crippen LogP contribution is -2.14. The van der Waals surface area contributed by atoms with Crippen LogP contribution in [-0.2, 0) is 10.0 Å². The number of anilines is 2. The maximum absolute atomic E-state index is 12.6. The SMILES string of the molecule is CCCCNc1ccc(NS(=O)(=O)c2ccc(OC3CCCC3)cc2)cn1. The Balaban J connectivity index is 1.60. The van der Waals surface area contributed by atoms with E-state index >= 15 is 0 Å². The third kappa shape index (κ3) is 5.60. The van der Waals surface area contributed by atoms with Gasteiger partial charge in [-0.3, -0.25) is 4.72 Å². The number of aromatic nitrogens is 1. The van der Waals surface area contributed by atoms with Crippen LogP contribution in [0, 0.1) is 0 Å². The summed E-state index contributed by atoms with van der Waals surface area (Å²) in [4.78, 5) is 4.44. The molecule has 0 aliphatic heterocycles. The van der Waals surface area contributed by atoms with Gasteiger partial charge < -0.3 is 10.1 Å². The zero-order chi connectivity index (χ0) is 19.1. The van der Waals surface area contributed by atoms with Gasteiger partial charge in [0.1, 0.15) is 11.6 Å². The number of unbranched alkanes of at least 4 members (excludes halogenated alkanes) is 1. The number of pyridine rings is 1. The van der Waals surface area contributed by atoms with E-state index in [1.807, 2.05) is 0 Å². The average Bonchev–Trinajstić information content (AvgIpc) is 3.17. The Morgan fingerprint density at radius 1 is 1.11 bits per heavy atom. The van der Waals surface area contributed by atoms with Crippen molar-refractivity contribution in [1.82, 2.24) is 4.98 Å². The maximum atomic E-state index is 12.6. The number of benzene rings is 1. The Labute approximate surface area is 161 Å². The van der Waals surface area contributed by atoms with Crippen LogP contribution in [0.1, 0.15) is 45.4 Å². The van der Waals surface area contributed by atoms with Gasteiger partial charge in [-0.15, -0.1) is 0 Å². The first-order valence-electron chi connectivity index (χ1n) is 9.56. The summed E-state index contributed by atoms with van der Waals surface area (Å²) >= 11 is 0. The van der Waals surface area contributed by atoms with Crippen molar-refractivity contribution in [2.24, 2.45) is 0 Å². The van der Waals surface area contributed by atoms with Crippen LogP contribution in [0.25, 0.3) is 0 Å². The van der Waals surface area contributed by atoms with Crippen LogP contribution in [0.5, 0.6) is 5.75 Å². The largest absolute Gasteiger partial charge is 0.490 e. The molecule has 3 rings (SSSR count). The Morgan fingerprint density at radius 2 is 1.85 bits per heavy atom. The number of hydrogen-bond acceptors (Lipinski definition) is 5. The summed E-state index contributed by atoms with van der Waals surface area (Å²) in [5.41, 5.74) is 0.433. The van der Waals surface area contributed by atoms with E-state index in [0.717, 1.165) is 38.0 Å². The molecule has 0 amide bonds. The number of ether oxygens (including phenoxy) is 1. The maximum Gasteiger partial charge on any atom is 0.261 e. The topological polar surface area (TPSA) is 80.3 Å². The minimum atomic E-state index is -3.66. The van der Waals surface area contributed by atoms with E-state index in [9.17, 15) is 8.42 Å². The van der Waals surface area contributed by atoms with Crippen molar-refractivity contribution in [3.05, 3.63) is 42.6 Å². The van der Waals surface area contributed by atoms with Crippen LogP contribution < -0.4 is 14.8 Å². The molecule has 146 valence electrons. The summed E-state index contributed by atoms with van der Waals surface area (Å²) in [5, 5.41) is 3.20. The predicted octanol–water partition coefficient (Wildman–Crippen LogP) is 4.42. The smallest absolute Gasteiger partial charge is 0.261 e. The molecule has 0 atom stereocenters. The summed E-state index contributed by atoms with van der Waals surface area (Å²) in [6.07, 6.45) is 8.47. The monoisotopic (exact) mass is 389 g/mol. The van der Waals surface area contributed by atoms with E-state index < -0.39 is 10.0 Å². The van der Waals surface area contributed by atoms with Gasteiger partial charge in [-0.05, 0) is 68.5 Å². The van der Waals surface area contributed by atoms with Gasteiger partial charge in [-0.2, -0.15) is 0 Å². The predicted molar refractivity (Wildman–Crippen MR) is 108 cm³/mol. The molecule has 1 aromatic carbocycles. The van der Waals surface area contributed by atoms with Crippen molar-refractivity contribution in [3.63, 3.8) is 0 Å². The van der Waals surface area contributed by atoms with Crippen molar-refractivity contribution in [3.8, 4) is 5.75 Å². The first kappa shape index (κ1) is 19.5. The normalized spacial score (nSPS) is 14.9. The Kier molecular flexibility index (Phi) is 6.55. The molecular weight excluding hydrogens is 362 g/mol. The highest BCUT2D eigenvalue weighted by molar-refractivity contribution is 7.92. The molecule has 1 aromatic heterocycles. The molecule has 2 aromatic rings. The Morgan fingerprint density at radius 3 is 2.48 bits per heavy atom. The second-order valence-corrected chi connectivity index (χ2v) is 8.50. The summed E-state index contributed by atoms with van der Waals surface area (Å²) in [5.74, 6) is 1.45. The minimum Gasteiger partial charge on any atom is -0.490 e. The summed E-state index contributed by atoms with van der Waals surface area (Å²) in [6.45, 7) is 2.98. The summed E-state index contributed by atoms with van der Waals surface area (Å²) < 4.78 is 33.6. The van der Waals surface area contributed by atoms with Crippen molar-refractivity contribution >= 4 is 21.5 Å². The molecular formula is C20H27N3O3S. The van der Waals surface area contributed by atoms with Gasteiger partial charge in [0.05, 0.1) is 22.9 Å². The minimum absolute atomic E-state index is 0.200. The summed E-state index contributed by atoms with van der Waals surface area (Å²) in [6, 6.07) is 10.0. The average molecular weight is 390 g/mol. The van der Waals surface area contributed by atoms with E-state index in [4.69, 9.17) is 4.74 Å². The third-order valence-electron chi connectivity index (χ3n) is 4.59. The number of nitrogens with one attached hydrogen (secondary N) is 2. The van der Waals surface area contributed by atoms with E-state index in [1.54, 1.807) is 36.4 Å². The van der Waals surface area contributed by atoms with Gasteiger partial charge in [0.2, 0.25) is 0 Å². The van der Waals surface area contributed by atoms with Crippen LogP contribution in [0.2, 0.25) is 0 Å². The molecule has 27 heavy (non-hydrogen) atoms. The van der Waals surface area contributed by atoms with Crippen molar-refractivity contribution in [1.29, 1.82) is 0 Å². The molecule has 1 aliphatic rings. The van der Waals surface area contributed by atoms with Crippen LogP contribution in [-0.4, -0.2) is 26.1 Å². The fraction of sp³-hybridized carbons (Fsp3) is 0.450. The molecule has 1 saturated carbocycles. The molecule has 0 spiro atoms. The second kappa shape index (κ2) is 9.08. The molecule has 6 nitrogen and oxygen atoms in total. The highest BCUT2D eigenvalue weighted by atomic mass is 32.2. The van der Waals surface area contributed by atoms with Gasteiger partial charge >= 0.3 is 0 Å².